The van der Waals surface area contributed by atoms with E-state index in [-0.39, 0.29) is 0 Å². The average Bonchev–Trinajstić information content (AvgIpc) is 3.12. The summed E-state index contributed by atoms with van der Waals surface area (Å²) < 4.78 is 7.15. The molecule has 0 bridgehead atoms. The van der Waals surface area contributed by atoms with Gasteiger partial charge in [0.15, 0.2) is 0 Å². The Bertz CT molecular complexity index is 557. The Morgan fingerprint density at radius 1 is 1.39 bits per heavy atom. The lowest BCUT2D eigenvalue weighted by Crippen LogP contribution is -2.14. The Morgan fingerprint density at radius 2 is 2.22 bits per heavy atom. The fourth-order valence-electron chi connectivity index (χ4n) is 2.47. The van der Waals surface area contributed by atoms with Crippen LogP contribution < -0.4 is 5.32 Å². The van der Waals surface area contributed by atoms with Crippen LogP contribution in [0.15, 0.2) is 27.1 Å². The van der Waals surface area contributed by atoms with Gasteiger partial charge < -0.3 is 9.73 Å². The number of furan rings is 1. The van der Waals surface area contributed by atoms with E-state index in [4.69, 9.17) is 4.42 Å². The molecule has 18 heavy (non-hydrogen) atoms. The van der Waals surface area contributed by atoms with E-state index < -0.39 is 0 Å². The molecule has 3 rings (SSSR count). The summed E-state index contributed by atoms with van der Waals surface area (Å²) in [6, 6.07) is 6.30. The minimum absolute atomic E-state index is 0.721. The van der Waals surface area contributed by atoms with E-state index in [1.165, 1.54) is 23.8 Å². The largest absolute Gasteiger partial charge is 0.459 e. The second-order valence-corrected chi connectivity index (χ2v) is 5.95. The molecule has 2 aromatic rings. The second kappa shape index (κ2) is 5.06. The Kier molecular flexibility index (Phi) is 3.44. The lowest BCUT2D eigenvalue weighted by Gasteiger charge is -2.02. The summed E-state index contributed by atoms with van der Waals surface area (Å²) >= 11 is 3.55. The zero-order valence-electron chi connectivity index (χ0n) is 10.6. The molecule has 1 fully saturated rings. The van der Waals surface area contributed by atoms with E-state index in [1.807, 2.05) is 6.07 Å². The van der Waals surface area contributed by atoms with Crippen molar-refractivity contribution in [2.75, 3.05) is 6.54 Å². The molecule has 2 nitrogen and oxygen atoms in total. The van der Waals surface area contributed by atoms with Gasteiger partial charge in [0.05, 0.1) is 6.54 Å². The van der Waals surface area contributed by atoms with Gasteiger partial charge in [0, 0.05) is 15.4 Å². The Labute approximate surface area is 116 Å². The third kappa shape index (κ3) is 2.34. The van der Waals surface area contributed by atoms with E-state index in [1.54, 1.807) is 0 Å². The first kappa shape index (κ1) is 12.2. The van der Waals surface area contributed by atoms with Crippen LogP contribution in [0, 0.1) is 0 Å². The van der Waals surface area contributed by atoms with Gasteiger partial charge in [0.1, 0.15) is 11.3 Å². The number of rotatable bonds is 5. The quantitative estimate of drug-likeness (QED) is 0.818. The van der Waals surface area contributed by atoms with Crippen molar-refractivity contribution in [3.8, 4) is 0 Å². The third-order valence-corrected chi connectivity index (χ3v) is 3.96. The maximum absolute atomic E-state index is 6.02. The molecule has 1 saturated carbocycles. The molecular weight excluding hydrogens is 290 g/mol. The normalized spacial score (nSPS) is 15.4. The summed E-state index contributed by atoms with van der Waals surface area (Å²) in [6.45, 7) is 4.08. The fraction of sp³-hybridized carbons (Fsp3) is 0.467. The highest BCUT2D eigenvalue weighted by atomic mass is 79.9. The maximum Gasteiger partial charge on any atom is 0.134 e. The Morgan fingerprint density at radius 3 is 2.94 bits per heavy atom. The van der Waals surface area contributed by atoms with E-state index in [9.17, 15) is 0 Å². The summed E-state index contributed by atoms with van der Waals surface area (Å²) in [6.07, 6.45) is 3.77. The first-order chi connectivity index (χ1) is 8.79. The van der Waals surface area contributed by atoms with Gasteiger partial charge >= 0.3 is 0 Å². The topological polar surface area (TPSA) is 25.2 Å². The summed E-state index contributed by atoms with van der Waals surface area (Å²) in [5.74, 6) is 1.86. The van der Waals surface area contributed by atoms with Crippen molar-refractivity contribution >= 4 is 26.9 Å². The zero-order valence-corrected chi connectivity index (χ0v) is 12.2. The summed E-state index contributed by atoms with van der Waals surface area (Å²) in [5.41, 5.74) is 2.46. The molecule has 1 aliphatic carbocycles. The van der Waals surface area contributed by atoms with Crippen molar-refractivity contribution in [3.63, 3.8) is 0 Å². The van der Waals surface area contributed by atoms with Gasteiger partial charge in [-0.1, -0.05) is 22.9 Å². The molecule has 1 aliphatic rings. The van der Waals surface area contributed by atoms with Crippen molar-refractivity contribution in [2.24, 2.45) is 0 Å². The minimum atomic E-state index is 0.721. The van der Waals surface area contributed by atoms with Crippen molar-refractivity contribution < 1.29 is 4.42 Å². The summed E-state index contributed by atoms with van der Waals surface area (Å²) in [7, 11) is 0. The van der Waals surface area contributed by atoms with Gasteiger partial charge in [-0.05, 0) is 49.9 Å². The first-order valence-corrected chi connectivity index (χ1v) is 7.50. The van der Waals surface area contributed by atoms with Crippen LogP contribution in [0.25, 0.3) is 11.0 Å². The smallest absolute Gasteiger partial charge is 0.134 e. The lowest BCUT2D eigenvalue weighted by atomic mass is 10.1. The van der Waals surface area contributed by atoms with Crippen LogP contribution in [-0.2, 0) is 6.54 Å². The van der Waals surface area contributed by atoms with Crippen molar-refractivity contribution in [1.82, 2.24) is 5.32 Å². The van der Waals surface area contributed by atoms with Gasteiger partial charge in [-0.25, -0.2) is 0 Å². The summed E-state index contributed by atoms with van der Waals surface area (Å²) in [5, 5.41) is 4.74. The molecule has 3 heteroatoms. The molecule has 0 atom stereocenters. The average molecular weight is 308 g/mol. The number of benzene rings is 1. The predicted octanol–water partition coefficient (Wildman–Crippen LogP) is 4.57. The maximum atomic E-state index is 6.02. The lowest BCUT2D eigenvalue weighted by molar-refractivity contribution is 0.507. The van der Waals surface area contributed by atoms with Gasteiger partial charge in [0.25, 0.3) is 0 Å². The van der Waals surface area contributed by atoms with Gasteiger partial charge in [0.2, 0.25) is 0 Å². The minimum Gasteiger partial charge on any atom is -0.459 e. The van der Waals surface area contributed by atoms with Crippen LogP contribution in [0.5, 0.6) is 0 Å². The molecule has 0 aliphatic heterocycles. The van der Waals surface area contributed by atoms with Crippen LogP contribution in [0.2, 0.25) is 0 Å². The van der Waals surface area contributed by atoms with Crippen LogP contribution in [0.1, 0.15) is 43.4 Å². The van der Waals surface area contributed by atoms with Crippen LogP contribution >= 0.6 is 15.9 Å². The van der Waals surface area contributed by atoms with E-state index >= 15 is 0 Å². The molecule has 1 N–H and O–H groups in total. The standard InChI is InChI=1S/C15H18BrNO/c1-2-7-17-9-14-15(10-3-4-10)12-8-11(16)5-6-13(12)18-14/h5-6,8,10,17H,2-4,7,9H2,1H3. The molecular formula is C15H18BrNO. The Hall–Kier alpha value is -0.800. The van der Waals surface area contributed by atoms with Gasteiger partial charge in [-0.2, -0.15) is 0 Å². The molecule has 1 heterocycles. The number of hydrogen-bond donors (Lipinski definition) is 1. The molecule has 0 spiro atoms. The molecule has 1 aromatic carbocycles. The highest BCUT2D eigenvalue weighted by Crippen LogP contribution is 2.46. The number of hydrogen-bond acceptors (Lipinski definition) is 2. The molecule has 0 saturated heterocycles. The SMILES string of the molecule is CCCNCc1oc2ccc(Br)cc2c1C1CC1. The number of halogens is 1. The van der Waals surface area contributed by atoms with Gasteiger partial charge in [-0.15, -0.1) is 0 Å². The van der Waals surface area contributed by atoms with Crippen molar-refractivity contribution in [2.45, 2.75) is 38.6 Å². The second-order valence-electron chi connectivity index (χ2n) is 5.03. The first-order valence-electron chi connectivity index (χ1n) is 6.71. The van der Waals surface area contributed by atoms with Crippen LogP contribution in [0.4, 0.5) is 0 Å². The number of fused-ring (bicyclic) bond motifs is 1. The van der Waals surface area contributed by atoms with Crippen molar-refractivity contribution in [3.05, 3.63) is 34.0 Å². The van der Waals surface area contributed by atoms with Crippen LogP contribution in [-0.4, -0.2) is 6.54 Å². The molecule has 96 valence electrons. The van der Waals surface area contributed by atoms with E-state index in [2.05, 4.69) is 40.3 Å². The van der Waals surface area contributed by atoms with Crippen molar-refractivity contribution in [1.29, 1.82) is 0 Å². The molecule has 0 radical (unpaired) electrons. The molecule has 1 aromatic heterocycles. The fourth-order valence-corrected chi connectivity index (χ4v) is 2.83. The highest BCUT2D eigenvalue weighted by Gasteiger charge is 2.30. The molecule has 0 unspecified atom stereocenters. The zero-order chi connectivity index (χ0) is 12.5. The monoisotopic (exact) mass is 307 g/mol. The van der Waals surface area contributed by atoms with Gasteiger partial charge in [-0.3, -0.25) is 0 Å². The predicted molar refractivity (Wildman–Crippen MR) is 77.9 cm³/mol. The number of nitrogens with one attached hydrogen (secondary N) is 1. The summed E-state index contributed by atoms with van der Waals surface area (Å²) in [4.78, 5) is 0. The van der Waals surface area contributed by atoms with E-state index in [0.29, 0.717) is 0 Å². The van der Waals surface area contributed by atoms with Crippen LogP contribution in [0.3, 0.4) is 0 Å². The van der Waals surface area contributed by atoms with E-state index in [0.717, 1.165) is 41.2 Å². The Balaban J connectivity index is 1.98. The highest BCUT2D eigenvalue weighted by molar-refractivity contribution is 9.10. The molecule has 0 amide bonds. The third-order valence-electron chi connectivity index (χ3n) is 3.46.